The molecular formula is C12H13N3O4. The van der Waals surface area contributed by atoms with Crippen molar-refractivity contribution >= 4 is 17.3 Å². The number of nitrogens with zero attached hydrogens (tertiary/aromatic N) is 2. The molecule has 0 spiro atoms. The molecule has 7 nitrogen and oxygen atoms in total. The summed E-state index contributed by atoms with van der Waals surface area (Å²) in [6.45, 7) is 2.27. The fourth-order valence-electron chi connectivity index (χ4n) is 1.34. The zero-order valence-electron chi connectivity index (χ0n) is 10.4. The Labute approximate surface area is 109 Å². The summed E-state index contributed by atoms with van der Waals surface area (Å²) in [5.74, 6) is -0.404. The molecule has 7 heteroatoms. The van der Waals surface area contributed by atoms with Gasteiger partial charge in [-0.3, -0.25) is 14.9 Å². The van der Waals surface area contributed by atoms with Gasteiger partial charge in [-0.05, 0) is 12.5 Å². The van der Waals surface area contributed by atoms with Crippen LogP contribution < -0.4 is 5.32 Å². The first kappa shape index (κ1) is 14.6. The highest BCUT2D eigenvalue weighted by atomic mass is 16.6. The van der Waals surface area contributed by atoms with Crippen LogP contribution in [0.4, 0.5) is 11.4 Å². The van der Waals surface area contributed by atoms with Gasteiger partial charge in [-0.2, -0.15) is 5.26 Å². The fourth-order valence-corrected chi connectivity index (χ4v) is 1.34. The lowest BCUT2D eigenvalue weighted by Gasteiger charge is -2.07. The van der Waals surface area contributed by atoms with Gasteiger partial charge in [0, 0.05) is 18.7 Å². The molecule has 0 saturated heterocycles. The average molecular weight is 263 g/mol. The third kappa shape index (κ3) is 4.37. The van der Waals surface area contributed by atoms with Crippen molar-refractivity contribution in [3.05, 3.63) is 33.9 Å². The summed E-state index contributed by atoms with van der Waals surface area (Å²) in [5, 5.41) is 21.9. The number of hydrogen-bond donors (Lipinski definition) is 1. The lowest BCUT2D eigenvalue weighted by Crippen LogP contribution is -2.19. The molecule has 0 aliphatic heterocycles. The maximum Gasteiger partial charge on any atom is 0.270 e. The highest BCUT2D eigenvalue weighted by Gasteiger charge is 2.12. The Morgan fingerprint density at radius 2 is 2.32 bits per heavy atom. The number of anilines is 1. The van der Waals surface area contributed by atoms with Crippen LogP contribution in [-0.2, 0) is 9.53 Å². The number of benzene rings is 1. The minimum atomic E-state index is -0.600. The number of ether oxygens (including phenoxy) is 1. The number of amides is 1. The maximum atomic E-state index is 11.5. The predicted octanol–water partition coefficient (Wildman–Crippen LogP) is 1.83. The van der Waals surface area contributed by atoms with Crippen molar-refractivity contribution in [1.82, 2.24) is 0 Å². The van der Waals surface area contributed by atoms with E-state index in [-0.39, 0.29) is 23.5 Å². The van der Waals surface area contributed by atoms with Gasteiger partial charge in [-0.15, -0.1) is 0 Å². The van der Waals surface area contributed by atoms with Crippen LogP contribution in [0, 0.1) is 21.4 Å². The van der Waals surface area contributed by atoms with Gasteiger partial charge in [0.2, 0.25) is 5.91 Å². The average Bonchev–Trinajstić information content (AvgIpc) is 2.39. The van der Waals surface area contributed by atoms with Crippen molar-refractivity contribution < 1.29 is 14.5 Å². The molecule has 1 N–H and O–H groups in total. The Morgan fingerprint density at radius 3 is 2.89 bits per heavy atom. The van der Waals surface area contributed by atoms with Crippen molar-refractivity contribution in [2.75, 3.05) is 18.5 Å². The van der Waals surface area contributed by atoms with Crippen LogP contribution >= 0.6 is 0 Å². The lowest BCUT2D eigenvalue weighted by molar-refractivity contribution is -0.384. The van der Waals surface area contributed by atoms with E-state index in [1.807, 2.05) is 6.92 Å². The van der Waals surface area contributed by atoms with Gasteiger partial charge in [0.1, 0.15) is 12.7 Å². The highest BCUT2D eigenvalue weighted by molar-refractivity contribution is 5.93. The summed E-state index contributed by atoms with van der Waals surface area (Å²) >= 11 is 0. The van der Waals surface area contributed by atoms with Crippen LogP contribution in [0.5, 0.6) is 0 Å². The summed E-state index contributed by atoms with van der Waals surface area (Å²) in [5.41, 5.74) is 0.0769. The molecule has 0 heterocycles. The summed E-state index contributed by atoms with van der Waals surface area (Å²) < 4.78 is 5.05. The number of nitro groups is 1. The Kier molecular flexibility index (Phi) is 5.44. The maximum absolute atomic E-state index is 11.5. The number of carbonyl (C=O) groups excluding carboxylic acids is 1. The molecule has 0 atom stereocenters. The molecule has 0 saturated carbocycles. The van der Waals surface area contributed by atoms with Gasteiger partial charge in [0.15, 0.2) is 0 Å². The van der Waals surface area contributed by atoms with E-state index in [9.17, 15) is 14.9 Å². The van der Waals surface area contributed by atoms with Gasteiger partial charge in [-0.1, -0.05) is 6.92 Å². The molecule has 1 rings (SSSR count). The van der Waals surface area contributed by atoms with Crippen molar-refractivity contribution in [2.45, 2.75) is 13.3 Å². The first-order chi connectivity index (χ1) is 9.08. The largest absolute Gasteiger partial charge is 0.372 e. The van der Waals surface area contributed by atoms with E-state index in [0.717, 1.165) is 12.5 Å². The summed E-state index contributed by atoms with van der Waals surface area (Å²) in [6, 6.07) is 5.47. The third-order valence-electron chi connectivity index (χ3n) is 2.19. The second kappa shape index (κ2) is 7.08. The molecule has 0 radical (unpaired) electrons. The van der Waals surface area contributed by atoms with E-state index >= 15 is 0 Å². The van der Waals surface area contributed by atoms with Crippen LogP contribution in [0.3, 0.4) is 0 Å². The van der Waals surface area contributed by atoms with Crippen LogP contribution in [0.15, 0.2) is 18.2 Å². The second-order valence-electron chi connectivity index (χ2n) is 3.70. The van der Waals surface area contributed by atoms with Crippen LogP contribution in [0.25, 0.3) is 0 Å². The molecule has 1 aromatic carbocycles. The van der Waals surface area contributed by atoms with Crippen molar-refractivity contribution in [2.24, 2.45) is 0 Å². The van der Waals surface area contributed by atoms with Gasteiger partial charge >= 0.3 is 0 Å². The van der Waals surface area contributed by atoms with Gasteiger partial charge in [-0.25, -0.2) is 0 Å². The topological polar surface area (TPSA) is 105 Å². The molecule has 1 amide bonds. The molecule has 0 fully saturated rings. The summed E-state index contributed by atoms with van der Waals surface area (Å²) in [4.78, 5) is 21.5. The van der Waals surface area contributed by atoms with E-state index in [1.165, 1.54) is 12.1 Å². The first-order valence-corrected chi connectivity index (χ1v) is 5.64. The van der Waals surface area contributed by atoms with E-state index in [0.29, 0.717) is 6.61 Å². The SMILES string of the molecule is CCCOCC(=O)Nc1ccc([N+](=O)[O-])cc1C#N. The number of nitrogens with one attached hydrogen (secondary N) is 1. The first-order valence-electron chi connectivity index (χ1n) is 5.64. The van der Waals surface area contributed by atoms with Crippen LogP contribution in [0.2, 0.25) is 0 Å². The Morgan fingerprint density at radius 1 is 1.58 bits per heavy atom. The molecule has 100 valence electrons. The number of non-ortho nitro benzene ring substituents is 1. The predicted molar refractivity (Wildman–Crippen MR) is 67.6 cm³/mol. The molecule has 1 aromatic rings. The molecule has 0 unspecified atom stereocenters. The van der Waals surface area contributed by atoms with E-state index in [1.54, 1.807) is 6.07 Å². The number of nitriles is 1. The molecule has 0 aliphatic rings. The zero-order chi connectivity index (χ0) is 14.3. The van der Waals surface area contributed by atoms with Crippen molar-refractivity contribution in [1.29, 1.82) is 5.26 Å². The molecular weight excluding hydrogens is 250 g/mol. The zero-order valence-corrected chi connectivity index (χ0v) is 10.4. The smallest absolute Gasteiger partial charge is 0.270 e. The standard InChI is InChI=1S/C12H13N3O4/c1-2-5-19-8-12(16)14-11-4-3-10(15(17)18)6-9(11)7-13/h3-4,6H,2,5,8H2,1H3,(H,14,16). The molecule has 0 bridgehead atoms. The van der Waals surface area contributed by atoms with Gasteiger partial charge < -0.3 is 10.1 Å². The minimum Gasteiger partial charge on any atom is -0.372 e. The fraction of sp³-hybridized carbons (Fsp3) is 0.333. The summed E-state index contributed by atoms with van der Waals surface area (Å²) in [6.07, 6.45) is 0.800. The lowest BCUT2D eigenvalue weighted by atomic mass is 10.1. The normalized spacial score (nSPS) is 9.68. The Bertz CT molecular complexity index is 522. The number of nitro benzene ring substituents is 1. The molecule has 19 heavy (non-hydrogen) atoms. The van der Waals surface area contributed by atoms with Gasteiger partial charge in [0.05, 0.1) is 16.2 Å². The second-order valence-corrected chi connectivity index (χ2v) is 3.70. The Balaban J connectivity index is 2.76. The van der Waals surface area contributed by atoms with E-state index in [4.69, 9.17) is 10.00 Å². The number of rotatable bonds is 6. The Hall–Kier alpha value is -2.46. The minimum absolute atomic E-state index is 0.0399. The van der Waals surface area contributed by atoms with Crippen LogP contribution in [0.1, 0.15) is 18.9 Å². The monoisotopic (exact) mass is 263 g/mol. The highest BCUT2D eigenvalue weighted by Crippen LogP contribution is 2.21. The van der Waals surface area contributed by atoms with Crippen molar-refractivity contribution in [3.8, 4) is 6.07 Å². The van der Waals surface area contributed by atoms with E-state index in [2.05, 4.69) is 5.32 Å². The molecule has 0 aromatic heterocycles. The number of hydrogen-bond acceptors (Lipinski definition) is 5. The molecule has 0 aliphatic carbocycles. The number of carbonyl (C=O) groups is 1. The van der Waals surface area contributed by atoms with E-state index < -0.39 is 10.8 Å². The third-order valence-corrected chi connectivity index (χ3v) is 2.19. The quantitative estimate of drug-likeness (QED) is 0.479. The van der Waals surface area contributed by atoms with Gasteiger partial charge in [0.25, 0.3) is 5.69 Å². The van der Waals surface area contributed by atoms with Crippen LogP contribution in [-0.4, -0.2) is 24.0 Å². The summed E-state index contributed by atoms with van der Waals surface area (Å²) in [7, 11) is 0. The van der Waals surface area contributed by atoms with Crippen molar-refractivity contribution in [3.63, 3.8) is 0 Å².